The summed E-state index contributed by atoms with van der Waals surface area (Å²) < 4.78 is 47.0. The number of unbranched alkanes of at least 4 members (excludes halogenated alkanes) is 8. The van der Waals surface area contributed by atoms with E-state index in [4.69, 9.17) is 31.7 Å². The van der Waals surface area contributed by atoms with Gasteiger partial charge in [0.2, 0.25) is 0 Å². The summed E-state index contributed by atoms with van der Waals surface area (Å²) in [6, 6.07) is 0. The molecule has 0 rings (SSSR count). The zero-order chi connectivity index (χ0) is 20.8. The molecule has 0 saturated carbocycles. The van der Waals surface area contributed by atoms with E-state index < -0.39 is 10.4 Å². The Labute approximate surface area is 192 Å². The van der Waals surface area contributed by atoms with Crippen LogP contribution in [0.5, 0.6) is 0 Å². The van der Waals surface area contributed by atoms with Crippen molar-refractivity contribution in [1.82, 2.24) is 0 Å². The average molecular weight is 437 g/mol. The van der Waals surface area contributed by atoms with Crippen LogP contribution < -0.4 is 29.6 Å². The molecule has 8 nitrogen and oxygen atoms in total. The first-order valence-electron chi connectivity index (χ1n) is 9.61. The standard InChI is InChI=1S/C18H35O4.Na.H2O4S/c1-3-5-6-7-8-9-10-11-12-13-18(19)22-17-16-21-15-14-20-4-2;;1-5(2,3)4/h2-17H2,1H3;;(H2,1,2,3,4)/q-1;+1;. The van der Waals surface area contributed by atoms with Crippen LogP contribution in [0.15, 0.2) is 0 Å². The Kier molecular flexibility index (Phi) is 29.7. The fraction of sp³-hybridized carbons (Fsp3) is 0.889. The fourth-order valence-corrected chi connectivity index (χ4v) is 2.19. The van der Waals surface area contributed by atoms with Crippen molar-refractivity contribution in [3.63, 3.8) is 0 Å². The van der Waals surface area contributed by atoms with Crippen LogP contribution in [0.2, 0.25) is 0 Å². The van der Waals surface area contributed by atoms with E-state index >= 15 is 0 Å². The molecule has 0 spiro atoms. The zero-order valence-corrected chi connectivity index (χ0v) is 20.4. The Morgan fingerprint density at radius 3 is 1.75 bits per heavy atom. The second kappa shape index (κ2) is 25.3. The number of esters is 1. The van der Waals surface area contributed by atoms with Crippen LogP contribution in [0, 0.1) is 6.92 Å². The molecule has 0 aromatic rings. The maximum atomic E-state index is 11.5. The second-order valence-corrected chi connectivity index (χ2v) is 6.87. The topological polar surface area (TPSA) is 119 Å². The molecule has 0 aromatic carbocycles. The molecule has 0 unspecified atom stereocenters. The molecular formula is C18H37NaO8S. The Morgan fingerprint density at radius 2 is 1.25 bits per heavy atom. The minimum atomic E-state index is -4.67. The molecule has 0 aliphatic heterocycles. The maximum Gasteiger partial charge on any atom is 1.00 e. The largest absolute Gasteiger partial charge is 1.00 e. The Morgan fingerprint density at radius 1 is 0.821 bits per heavy atom. The van der Waals surface area contributed by atoms with Gasteiger partial charge in [0.25, 0.3) is 0 Å². The third-order valence-electron chi connectivity index (χ3n) is 3.49. The van der Waals surface area contributed by atoms with E-state index in [2.05, 4.69) is 13.8 Å². The molecule has 0 radical (unpaired) electrons. The van der Waals surface area contributed by atoms with Crippen molar-refractivity contribution in [2.75, 3.05) is 33.0 Å². The minimum Gasteiger partial charge on any atom is -0.463 e. The molecule has 10 heteroatoms. The number of hydrogen-bond acceptors (Lipinski definition) is 6. The van der Waals surface area contributed by atoms with Gasteiger partial charge in [-0.3, -0.25) is 13.9 Å². The molecule has 2 N–H and O–H groups in total. The molecule has 0 heterocycles. The molecule has 28 heavy (non-hydrogen) atoms. The van der Waals surface area contributed by atoms with E-state index in [0.29, 0.717) is 39.5 Å². The van der Waals surface area contributed by atoms with E-state index in [1.54, 1.807) is 0 Å². The van der Waals surface area contributed by atoms with Gasteiger partial charge >= 0.3 is 45.9 Å². The Bertz CT molecular complexity index is 410. The monoisotopic (exact) mass is 436 g/mol. The van der Waals surface area contributed by atoms with Gasteiger partial charge in [0.1, 0.15) is 6.61 Å². The van der Waals surface area contributed by atoms with E-state index in [9.17, 15) is 4.79 Å². The summed E-state index contributed by atoms with van der Waals surface area (Å²) in [6.45, 7) is 8.08. The molecule has 0 saturated heterocycles. The molecule has 0 amide bonds. The maximum absolute atomic E-state index is 11.5. The van der Waals surface area contributed by atoms with Crippen molar-refractivity contribution < 1.29 is 66.1 Å². The second-order valence-electron chi connectivity index (χ2n) is 5.97. The number of hydrogen-bond donors (Lipinski definition) is 2. The van der Waals surface area contributed by atoms with Crippen molar-refractivity contribution in [2.24, 2.45) is 0 Å². The number of carbonyl (C=O) groups excluding carboxylic acids is 1. The number of ether oxygens (including phenoxy) is 3. The van der Waals surface area contributed by atoms with Crippen molar-refractivity contribution in [3.05, 3.63) is 6.92 Å². The molecule has 0 fully saturated rings. The predicted molar refractivity (Wildman–Crippen MR) is 104 cm³/mol. The molecule has 164 valence electrons. The van der Waals surface area contributed by atoms with Gasteiger partial charge in [0.05, 0.1) is 19.8 Å². The predicted octanol–water partition coefficient (Wildman–Crippen LogP) is 0.669. The van der Waals surface area contributed by atoms with E-state index in [0.717, 1.165) is 12.8 Å². The summed E-state index contributed by atoms with van der Waals surface area (Å²) in [4.78, 5) is 11.5. The van der Waals surface area contributed by atoms with Gasteiger partial charge in [-0.15, -0.1) is 0 Å². The Balaban J connectivity index is -0.000000918. The van der Waals surface area contributed by atoms with Gasteiger partial charge < -0.3 is 21.1 Å². The normalized spacial score (nSPS) is 10.6. The van der Waals surface area contributed by atoms with Gasteiger partial charge in [-0.05, 0) is 6.42 Å². The van der Waals surface area contributed by atoms with Crippen LogP contribution in [-0.4, -0.2) is 56.5 Å². The first-order valence-corrected chi connectivity index (χ1v) is 11.0. The van der Waals surface area contributed by atoms with E-state index in [1.165, 1.54) is 44.9 Å². The summed E-state index contributed by atoms with van der Waals surface area (Å²) in [5.74, 6) is -0.111. The quantitative estimate of drug-likeness (QED) is 0.112. The van der Waals surface area contributed by atoms with Crippen LogP contribution >= 0.6 is 0 Å². The van der Waals surface area contributed by atoms with E-state index in [-0.39, 0.29) is 35.5 Å². The molecule has 0 aliphatic rings. The molecule has 0 bridgehead atoms. The summed E-state index contributed by atoms with van der Waals surface area (Å²) in [5, 5.41) is 0. The van der Waals surface area contributed by atoms with Crippen molar-refractivity contribution in [3.8, 4) is 0 Å². The first kappa shape index (κ1) is 32.9. The molecular weight excluding hydrogens is 399 g/mol. The molecule has 0 aromatic heterocycles. The van der Waals surface area contributed by atoms with Crippen LogP contribution in [0.1, 0.15) is 71.1 Å². The van der Waals surface area contributed by atoms with Crippen LogP contribution in [-0.2, 0) is 29.4 Å². The zero-order valence-electron chi connectivity index (χ0n) is 17.6. The average Bonchev–Trinajstić information content (AvgIpc) is 2.58. The van der Waals surface area contributed by atoms with Gasteiger partial charge in [-0.25, -0.2) is 0 Å². The van der Waals surface area contributed by atoms with E-state index in [1.807, 2.05) is 0 Å². The summed E-state index contributed by atoms with van der Waals surface area (Å²) in [5.41, 5.74) is 0. The Hall–Kier alpha value is 0.260. The van der Waals surface area contributed by atoms with Crippen molar-refractivity contribution >= 4 is 16.4 Å². The van der Waals surface area contributed by atoms with Crippen molar-refractivity contribution in [2.45, 2.75) is 71.1 Å². The number of rotatable bonds is 17. The smallest absolute Gasteiger partial charge is 0.463 e. The third kappa shape index (κ3) is 40.8. The van der Waals surface area contributed by atoms with Gasteiger partial charge in [0.15, 0.2) is 0 Å². The van der Waals surface area contributed by atoms with Gasteiger partial charge in [0, 0.05) is 6.42 Å². The van der Waals surface area contributed by atoms with Crippen LogP contribution in [0.25, 0.3) is 0 Å². The van der Waals surface area contributed by atoms with Gasteiger partial charge in [-0.2, -0.15) is 8.42 Å². The summed E-state index contributed by atoms with van der Waals surface area (Å²) in [7, 11) is -4.67. The SMILES string of the molecule is O=S(=O)(O)O.[CH2-]COCCOCCOC(=O)CCCCCCCCCCC.[Na+]. The minimum absolute atomic E-state index is 0. The fourth-order valence-electron chi connectivity index (χ4n) is 2.19. The number of carbonyl (C=O) groups is 1. The van der Waals surface area contributed by atoms with Gasteiger partial charge in [-0.1, -0.05) is 64.9 Å². The van der Waals surface area contributed by atoms with Crippen LogP contribution in [0.4, 0.5) is 0 Å². The molecule has 0 atom stereocenters. The summed E-state index contributed by atoms with van der Waals surface area (Å²) in [6.07, 6.45) is 11.8. The first-order chi connectivity index (χ1) is 12.8. The van der Waals surface area contributed by atoms with Crippen molar-refractivity contribution in [1.29, 1.82) is 0 Å². The van der Waals surface area contributed by atoms with Crippen LogP contribution in [0.3, 0.4) is 0 Å². The third-order valence-corrected chi connectivity index (χ3v) is 3.49. The molecule has 0 aliphatic carbocycles. The summed E-state index contributed by atoms with van der Waals surface area (Å²) >= 11 is 0.